The predicted octanol–water partition coefficient (Wildman–Crippen LogP) is 5.59. The third kappa shape index (κ3) is 4.16. The molecular weight excluding hydrogens is 350 g/mol. The van der Waals surface area contributed by atoms with Gasteiger partial charge >= 0.3 is 0 Å². The van der Waals surface area contributed by atoms with E-state index < -0.39 is 6.10 Å². The summed E-state index contributed by atoms with van der Waals surface area (Å²) >= 11 is 1.72. The first kappa shape index (κ1) is 18.4. The quantitative estimate of drug-likeness (QED) is 0.586. The molecule has 0 saturated carbocycles. The predicted molar refractivity (Wildman–Crippen MR) is 115 cm³/mol. The molecule has 0 spiro atoms. The molecule has 0 radical (unpaired) electrons. The van der Waals surface area contributed by atoms with Gasteiger partial charge < -0.3 is 5.11 Å². The fraction of sp³-hybridized carbons (Fsp3) is 0.333. The van der Waals surface area contributed by atoms with Crippen LogP contribution in [-0.2, 0) is 6.42 Å². The average Bonchev–Trinajstić information content (AvgIpc) is 3.16. The lowest BCUT2D eigenvalue weighted by Gasteiger charge is -2.36. The molecule has 1 aliphatic rings. The van der Waals surface area contributed by atoms with Gasteiger partial charge in [-0.15, -0.1) is 11.3 Å². The highest BCUT2D eigenvalue weighted by atomic mass is 32.1. The Balaban J connectivity index is 1.37. The number of fused-ring (bicyclic) bond motifs is 1. The second kappa shape index (κ2) is 8.39. The van der Waals surface area contributed by atoms with Gasteiger partial charge in [-0.05, 0) is 48.6 Å². The molecule has 1 aromatic heterocycles. The normalized spacial score (nSPS) is 17.8. The summed E-state index contributed by atoms with van der Waals surface area (Å²) in [6, 6.07) is 19.2. The van der Waals surface area contributed by atoms with E-state index in [1.165, 1.54) is 15.6 Å². The molecule has 1 N–H and O–H groups in total. The summed E-state index contributed by atoms with van der Waals surface area (Å²) in [4.78, 5) is 2.44. The van der Waals surface area contributed by atoms with E-state index in [0.717, 1.165) is 37.9 Å². The second-order valence-corrected chi connectivity index (χ2v) is 8.37. The molecule has 0 amide bonds. The molecule has 2 atom stereocenters. The van der Waals surface area contributed by atoms with E-state index in [1.54, 1.807) is 16.9 Å². The number of hydrogen-bond donors (Lipinski definition) is 1. The summed E-state index contributed by atoms with van der Waals surface area (Å²) in [6.45, 7) is 4.22. The van der Waals surface area contributed by atoms with Crippen molar-refractivity contribution < 1.29 is 5.11 Å². The lowest BCUT2D eigenvalue weighted by molar-refractivity contribution is 0.0544. The molecule has 2 unspecified atom stereocenters. The van der Waals surface area contributed by atoms with Crippen LogP contribution < -0.4 is 0 Å². The maximum atomic E-state index is 11.0. The van der Waals surface area contributed by atoms with Gasteiger partial charge in [0.25, 0.3) is 0 Å². The topological polar surface area (TPSA) is 23.5 Å². The van der Waals surface area contributed by atoms with Gasteiger partial charge in [-0.1, -0.05) is 60.2 Å². The summed E-state index contributed by atoms with van der Waals surface area (Å²) in [5, 5.41) is 14.3. The van der Waals surface area contributed by atoms with Gasteiger partial charge in [0.05, 0.1) is 6.10 Å². The fourth-order valence-corrected chi connectivity index (χ4v) is 4.98. The SMILES string of the molecule is CC(C(O)c1csc2ccccc12)N1CCC(=CCc2ccccc2)CC1. The monoisotopic (exact) mass is 377 g/mol. The minimum atomic E-state index is -0.434. The van der Waals surface area contributed by atoms with Crippen LogP contribution in [0.3, 0.4) is 0 Å². The summed E-state index contributed by atoms with van der Waals surface area (Å²) in [7, 11) is 0. The molecular formula is C24H27NOS. The van der Waals surface area contributed by atoms with E-state index in [-0.39, 0.29) is 6.04 Å². The van der Waals surface area contributed by atoms with Crippen molar-refractivity contribution in [2.24, 2.45) is 0 Å². The lowest BCUT2D eigenvalue weighted by Crippen LogP contribution is -2.41. The van der Waals surface area contributed by atoms with Gasteiger partial charge in [0.15, 0.2) is 0 Å². The third-order valence-electron chi connectivity index (χ3n) is 5.77. The molecule has 4 rings (SSSR count). The zero-order valence-electron chi connectivity index (χ0n) is 15.8. The molecule has 0 aliphatic carbocycles. The molecule has 0 bridgehead atoms. The number of allylic oxidation sites excluding steroid dienone is 1. The van der Waals surface area contributed by atoms with Gasteiger partial charge in [0.2, 0.25) is 0 Å². The molecule has 2 nitrogen and oxygen atoms in total. The molecule has 2 aromatic carbocycles. The Morgan fingerprint density at radius 2 is 1.74 bits per heavy atom. The van der Waals surface area contributed by atoms with Gasteiger partial charge in [-0.2, -0.15) is 0 Å². The van der Waals surface area contributed by atoms with Crippen molar-refractivity contribution in [1.29, 1.82) is 0 Å². The van der Waals surface area contributed by atoms with Crippen molar-refractivity contribution in [1.82, 2.24) is 4.90 Å². The maximum absolute atomic E-state index is 11.0. The molecule has 2 heterocycles. The third-order valence-corrected chi connectivity index (χ3v) is 6.75. The first-order chi connectivity index (χ1) is 13.2. The molecule has 3 heteroatoms. The van der Waals surface area contributed by atoms with Gasteiger partial charge in [-0.25, -0.2) is 0 Å². The first-order valence-electron chi connectivity index (χ1n) is 9.82. The van der Waals surface area contributed by atoms with Crippen molar-refractivity contribution in [3.8, 4) is 0 Å². The largest absolute Gasteiger partial charge is 0.387 e. The fourth-order valence-electron chi connectivity index (χ4n) is 3.99. The van der Waals surface area contributed by atoms with Crippen molar-refractivity contribution in [2.45, 2.75) is 38.3 Å². The van der Waals surface area contributed by atoms with E-state index in [0.29, 0.717) is 0 Å². The Bertz CT molecular complexity index is 904. The van der Waals surface area contributed by atoms with E-state index in [4.69, 9.17) is 0 Å². The van der Waals surface area contributed by atoms with Crippen LogP contribution >= 0.6 is 11.3 Å². The zero-order valence-corrected chi connectivity index (χ0v) is 16.7. The van der Waals surface area contributed by atoms with E-state index >= 15 is 0 Å². The van der Waals surface area contributed by atoms with E-state index in [9.17, 15) is 5.11 Å². The van der Waals surface area contributed by atoms with E-state index in [2.05, 4.69) is 77.9 Å². The number of aliphatic hydroxyl groups excluding tert-OH is 1. The molecule has 1 aliphatic heterocycles. The Hall–Kier alpha value is -1.94. The van der Waals surface area contributed by atoms with Crippen LogP contribution in [0.1, 0.15) is 37.0 Å². The number of hydrogen-bond acceptors (Lipinski definition) is 3. The Morgan fingerprint density at radius 1 is 1.04 bits per heavy atom. The number of likely N-dealkylation sites (tertiary alicyclic amines) is 1. The summed E-state index contributed by atoms with van der Waals surface area (Å²) in [5.41, 5.74) is 4.01. The molecule has 140 valence electrons. The molecule has 1 fully saturated rings. The van der Waals surface area contributed by atoms with Crippen LogP contribution in [-0.4, -0.2) is 29.1 Å². The van der Waals surface area contributed by atoms with E-state index in [1.807, 2.05) is 0 Å². The van der Waals surface area contributed by atoms with Crippen molar-refractivity contribution >= 4 is 21.4 Å². The summed E-state index contributed by atoms with van der Waals surface area (Å²) in [6.07, 6.45) is 5.20. The summed E-state index contributed by atoms with van der Waals surface area (Å²) in [5.74, 6) is 0. The zero-order chi connectivity index (χ0) is 18.6. The van der Waals surface area contributed by atoms with Crippen LogP contribution in [0.4, 0.5) is 0 Å². The minimum absolute atomic E-state index is 0.138. The van der Waals surface area contributed by atoms with Crippen LogP contribution in [0.15, 0.2) is 71.6 Å². The van der Waals surface area contributed by atoms with Gasteiger partial charge in [-0.3, -0.25) is 4.90 Å². The number of benzene rings is 2. The first-order valence-corrected chi connectivity index (χ1v) is 10.7. The number of piperidine rings is 1. The van der Waals surface area contributed by atoms with Crippen LogP contribution in [0, 0.1) is 0 Å². The van der Waals surface area contributed by atoms with Crippen molar-refractivity contribution in [3.63, 3.8) is 0 Å². The van der Waals surface area contributed by atoms with Crippen LogP contribution in [0.5, 0.6) is 0 Å². The minimum Gasteiger partial charge on any atom is -0.387 e. The number of thiophene rings is 1. The molecule has 3 aromatic rings. The van der Waals surface area contributed by atoms with Crippen molar-refractivity contribution in [3.05, 3.63) is 82.8 Å². The lowest BCUT2D eigenvalue weighted by atomic mass is 9.96. The Labute approximate surface area is 165 Å². The van der Waals surface area contributed by atoms with Crippen LogP contribution in [0.2, 0.25) is 0 Å². The number of nitrogens with zero attached hydrogens (tertiary/aromatic N) is 1. The van der Waals surface area contributed by atoms with Gasteiger partial charge in [0.1, 0.15) is 0 Å². The average molecular weight is 378 g/mol. The highest BCUT2D eigenvalue weighted by Crippen LogP contribution is 2.34. The Kier molecular flexibility index (Phi) is 5.72. The second-order valence-electron chi connectivity index (χ2n) is 7.46. The molecule has 1 saturated heterocycles. The molecule has 27 heavy (non-hydrogen) atoms. The standard InChI is InChI=1S/C24H27NOS/c1-18(24(26)22-17-27-23-10-6-5-9-21(22)23)25-15-13-20(14-16-25)12-11-19-7-3-2-4-8-19/h2-10,12,17-18,24,26H,11,13-16H2,1H3. The van der Waals surface area contributed by atoms with Gasteiger partial charge in [0, 0.05) is 29.4 Å². The maximum Gasteiger partial charge on any atom is 0.0956 e. The number of rotatable bonds is 5. The summed E-state index contributed by atoms with van der Waals surface area (Å²) < 4.78 is 1.25. The highest BCUT2D eigenvalue weighted by molar-refractivity contribution is 7.17. The Morgan fingerprint density at radius 3 is 2.52 bits per heavy atom. The highest BCUT2D eigenvalue weighted by Gasteiger charge is 2.27. The van der Waals surface area contributed by atoms with Crippen molar-refractivity contribution in [2.75, 3.05) is 13.1 Å². The number of aliphatic hydroxyl groups is 1. The van der Waals surface area contributed by atoms with Crippen LogP contribution in [0.25, 0.3) is 10.1 Å². The smallest absolute Gasteiger partial charge is 0.0956 e.